The Balaban J connectivity index is 2.38. The molecule has 0 aliphatic carbocycles. The van der Waals surface area contributed by atoms with Gasteiger partial charge in [-0.2, -0.15) is 9.78 Å². The van der Waals surface area contributed by atoms with Crippen molar-refractivity contribution < 1.29 is 9.84 Å². The average molecular weight is 289 g/mol. The number of methoxy groups -OCH3 is 1. The summed E-state index contributed by atoms with van der Waals surface area (Å²) in [6, 6.07) is 8.23. The van der Waals surface area contributed by atoms with Crippen LogP contribution in [0.25, 0.3) is 5.69 Å². The van der Waals surface area contributed by atoms with Crippen LogP contribution in [0.5, 0.6) is 11.5 Å². The Morgan fingerprint density at radius 1 is 1.38 bits per heavy atom. The van der Waals surface area contributed by atoms with Crippen molar-refractivity contribution in [1.82, 2.24) is 15.1 Å². The number of nitrogens with one attached hydrogen (secondary N) is 1. The Morgan fingerprint density at radius 3 is 2.90 bits per heavy atom. The summed E-state index contributed by atoms with van der Waals surface area (Å²) in [5, 5.41) is 17.2. The molecule has 6 heteroatoms. The maximum atomic E-state index is 12.0. The standard InChI is InChI=1S/C15H19N3O3/c1-3-7-16-10-13-14(19)9-15(20)18(17-13)11-5-4-6-12(8-11)21-2/h4-6,8-9,16,19H,3,7,10H2,1-2H3. The molecule has 0 fully saturated rings. The van der Waals surface area contributed by atoms with Gasteiger partial charge in [0.05, 0.1) is 12.8 Å². The minimum atomic E-state index is -0.389. The molecule has 0 unspecified atom stereocenters. The topological polar surface area (TPSA) is 76.4 Å². The smallest absolute Gasteiger partial charge is 0.275 e. The Labute approximate surface area is 123 Å². The first kappa shape index (κ1) is 15.1. The molecule has 1 heterocycles. The molecule has 1 aromatic carbocycles. The van der Waals surface area contributed by atoms with E-state index in [1.54, 1.807) is 31.4 Å². The molecule has 2 rings (SSSR count). The van der Waals surface area contributed by atoms with E-state index in [4.69, 9.17) is 4.74 Å². The summed E-state index contributed by atoms with van der Waals surface area (Å²) < 4.78 is 6.40. The molecule has 0 saturated carbocycles. The summed E-state index contributed by atoms with van der Waals surface area (Å²) in [7, 11) is 1.56. The number of hydrogen-bond acceptors (Lipinski definition) is 5. The monoisotopic (exact) mass is 289 g/mol. The molecule has 0 saturated heterocycles. The number of hydrogen-bond donors (Lipinski definition) is 2. The van der Waals surface area contributed by atoms with Crippen molar-refractivity contribution in [1.29, 1.82) is 0 Å². The summed E-state index contributed by atoms with van der Waals surface area (Å²) in [5.41, 5.74) is 0.641. The van der Waals surface area contributed by atoms with E-state index in [1.165, 1.54) is 10.7 Å². The van der Waals surface area contributed by atoms with Gasteiger partial charge >= 0.3 is 0 Å². The van der Waals surface area contributed by atoms with Crippen molar-refractivity contribution in [2.75, 3.05) is 13.7 Å². The summed E-state index contributed by atoms with van der Waals surface area (Å²) in [4.78, 5) is 12.0. The van der Waals surface area contributed by atoms with Crippen LogP contribution in [0.3, 0.4) is 0 Å². The molecule has 0 atom stereocenters. The van der Waals surface area contributed by atoms with Crippen LogP contribution in [0, 0.1) is 0 Å². The van der Waals surface area contributed by atoms with Crippen molar-refractivity contribution in [2.24, 2.45) is 0 Å². The van der Waals surface area contributed by atoms with Crippen LogP contribution >= 0.6 is 0 Å². The van der Waals surface area contributed by atoms with Crippen LogP contribution in [0.15, 0.2) is 35.1 Å². The third kappa shape index (κ3) is 3.61. The Bertz CT molecular complexity index is 667. The summed E-state index contributed by atoms with van der Waals surface area (Å²) in [6.45, 7) is 3.28. The minimum Gasteiger partial charge on any atom is -0.506 e. The first-order valence-corrected chi connectivity index (χ1v) is 6.83. The first-order valence-electron chi connectivity index (χ1n) is 6.83. The van der Waals surface area contributed by atoms with Crippen molar-refractivity contribution in [3.05, 3.63) is 46.4 Å². The van der Waals surface area contributed by atoms with E-state index in [2.05, 4.69) is 17.3 Å². The predicted octanol–water partition coefficient (Wildman–Crippen LogP) is 1.45. The largest absolute Gasteiger partial charge is 0.506 e. The van der Waals surface area contributed by atoms with Crippen LogP contribution in [0.2, 0.25) is 0 Å². The summed E-state index contributed by atoms with van der Waals surface area (Å²) in [5.74, 6) is 0.544. The normalized spacial score (nSPS) is 10.6. The Kier molecular flexibility index (Phi) is 4.94. The zero-order valence-electron chi connectivity index (χ0n) is 12.2. The van der Waals surface area contributed by atoms with Gasteiger partial charge in [0, 0.05) is 18.7 Å². The molecule has 1 aromatic heterocycles. The van der Waals surface area contributed by atoms with E-state index < -0.39 is 0 Å². The Morgan fingerprint density at radius 2 is 2.19 bits per heavy atom. The molecule has 0 bridgehead atoms. The maximum Gasteiger partial charge on any atom is 0.275 e. The maximum absolute atomic E-state index is 12.0. The number of ether oxygens (including phenoxy) is 1. The molecule has 0 aliphatic rings. The lowest BCUT2D eigenvalue weighted by molar-refractivity contribution is 0.414. The second-order valence-corrected chi connectivity index (χ2v) is 4.60. The lowest BCUT2D eigenvalue weighted by atomic mass is 10.3. The van der Waals surface area contributed by atoms with E-state index in [0.29, 0.717) is 23.7 Å². The zero-order valence-corrected chi connectivity index (χ0v) is 12.2. The number of nitrogens with zero attached hydrogens (tertiary/aromatic N) is 2. The van der Waals surface area contributed by atoms with Gasteiger partial charge in [-0.05, 0) is 25.1 Å². The highest BCUT2D eigenvalue weighted by atomic mass is 16.5. The predicted molar refractivity (Wildman–Crippen MR) is 80.0 cm³/mol. The molecule has 2 aromatic rings. The van der Waals surface area contributed by atoms with Gasteiger partial charge in [-0.1, -0.05) is 13.0 Å². The fourth-order valence-electron chi connectivity index (χ4n) is 1.92. The van der Waals surface area contributed by atoms with Crippen LogP contribution in [-0.2, 0) is 6.54 Å². The quantitative estimate of drug-likeness (QED) is 0.787. The van der Waals surface area contributed by atoms with Crippen molar-refractivity contribution in [3.63, 3.8) is 0 Å². The summed E-state index contributed by atoms with van der Waals surface area (Å²) >= 11 is 0. The van der Waals surface area contributed by atoms with Gasteiger partial charge in [0.15, 0.2) is 0 Å². The van der Waals surface area contributed by atoms with Crippen LogP contribution < -0.4 is 15.6 Å². The zero-order chi connectivity index (χ0) is 15.2. The summed E-state index contributed by atoms with van der Waals surface area (Å²) in [6.07, 6.45) is 0.982. The highest BCUT2D eigenvalue weighted by molar-refractivity contribution is 5.39. The Hall–Kier alpha value is -2.34. The molecule has 21 heavy (non-hydrogen) atoms. The van der Waals surface area contributed by atoms with E-state index in [1.807, 2.05) is 0 Å². The number of aromatic nitrogens is 2. The van der Waals surface area contributed by atoms with Gasteiger partial charge in [-0.25, -0.2) is 0 Å². The first-order chi connectivity index (χ1) is 10.2. The fraction of sp³-hybridized carbons (Fsp3) is 0.333. The van der Waals surface area contributed by atoms with Crippen molar-refractivity contribution in [2.45, 2.75) is 19.9 Å². The second kappa shape index (κ2) is 6.90. The molecular formula is C15H19N3O3. The molecule has 0 spiro atoms. The molecule has 2 N–H and O–H groups in total. The number of aromatic hydroxyl groups is 1. The molecule has 6 nitrogen and oxygen atoms in total. The number of benzene rings is 1. The van der Waals surface area contributed by atoms with Crippen LogP contribution in [0.1, 0.15) is 19.0 Å². The second-order valence-electron chi connectivity index (χ2n) is 4.60. The van der Waals surface area contributed by atoms with Gasteiger partial charge < -0.3 is 15.2 Å². The minimum absolute atomic E-state index is 0.0947. The third-order valence-corrected chi connectivity index (χ3v) is 3.00. The highest BCUT2D eigenvalue weighted by Crippen LogP contribution is 2.16. The van der Waals surface area contributed by atoms with E-state index in [-0.39, 0.29) is 11.3 Å². The molecule has 0 radical (unpaired) electrons. The van der Waals surface area contributed by atoms with E-state index in [9.17, 15) is 9.90 Å². The van der Waals surface area contributed by atoms with Gasteiger partial charge in [0.1, 0.15) is 17.2 Å². The average Bonchev–Trinajstić information content (AvgIpc) is 2.49. The highest BCUT2D eigenvalue weighted by Gasteiger charge is 2.09. The van der Waals surface area contributed by atoms with Crippen LogP contribution in [0.4, 0.5) is 0 Å². The lowest BCUT2D eigenvalue weighted by Gasteiger charge is -2.10. The fourth-order valence-corrected chi connectivity index (χ4v) is 1.92. The molecule has 0 aliphatic heterocycles. The van der Waals surface area contributed by atoms with Crippen molar-refractivity contribution in [3.8, 4) is 17.2 Å². The van der Waals surface area contributed by atoms with Crippen molar-refractivity contribution >= 4 is 0 Å². The lowest BCUT2D eigenvalue weighted by Crippen LogP contribution is -2.24. The van der Waals surface area contributed by atoms with E-state index >= 15 is 0 Å². The van der Waals surface area contributed by atoms with Gasteiger partial charge in [0.2, 0.25) is 0 Å². The molecule has 0 amide bonds. The van der Waals surface area contributed by atoms with Gasteiger partial charge in [0.25, 0.3) is 5.56 Å². The van der Waals surface area contributed by atoms with Crippen LogP contribution in [-0.4, -0.2) is 28.5 Å². The van der Waals surface area contributed by atoms with Gasteiger partial charge in [-0.15, -0.1) is 0 Å². The SMILES string of the molecule is CCCNCc1nn(-c2cccc(OC)c2)c(=O)cc1O. The molecular weight excluding hydrogens is 270 g/mol. The molecule has 112 valence electrons. The number of rotatable bonds is 6. The third-order valence-electron chi connectivity index (χ3n) is 3.00. The van der Waals surface area contributed by atoms with Gasteiger partial charge in [-0.3, -0.25) is 4.79 Å². The van der Waals surface area contributed by atoms with E-state index in [0.717, 1.165) is 13.0 Å².